The van der Waals surface area contributed by atoms with Gasteiger partial charge in [0.2, 0.25) is 0 Å². The molecule has 0 aromatic heterocycles. The maximum atomic E-state index is 14.4. The lowest BCUT2D eigenvalue weighted by molar-refractivity contribution is 0.0131. The number of hydrogen-bond donors (Lipinski definition) is 2. The Morgan fingerprint density at radius 2 is 2.02 bits per heavy atom. The number of benzene rings is 2. The molecule has 0 radical (unpaired) electrons. The van der Waals surface area contributed by atoms with Gasteiger partial charge in [0.15, 0.2) is 0 Å². The van der Waals surface area contributed by atoms with Crippen molar-refractivity contribution in [2.24, 2.45) is 22.1 Å². The van der Waals surface area contributed by atoms with Crippen molar-refractivity contribution < 1.29 is 28.0 Å². The fourth-order valence-corrected chi connectivity index (χ4v) is 10.5. The number of amides is 3. The number of ether oxygens (including phenoxy) is 3. The Balaban J connectivity index is 1.27. The van der Waals surface area contributed by atoms with Crippen molar-refractivity contribution >= 4 is 39.1 Å². The Morgan fingerprint density at radius 3 is 2.76 bits per heavy atom. The van der Waals surface area contributed by atoms with Gasteiger partial charge in [-0.3, -0.25) is 9.52 Å². The van der Waals surface area contributed by atoms with Crippen LogP contribution in [0.15, 0.2) is 52.9 Å². The minimum atomic E-state index is -3.50. The molecule has 2 aromatic carbocycles. The van der Waals surface area contributed by atoms with Crippen molar-refractivity contribution in [3.8, 4) is 5.75 Å². The summed E-state index contributed by atoms with van der Waals surface area (Å²) in [5, 5.41) is 3.58. The number of halogens is 1. The van der Waals surface area contributed by atoms with E-state index in [1.54, 1.807) is 20.3 Å². The summed E-state index contributed by atoms with van der Waals surface area (Å²) in [5.74, 6) is 0.677. The Kier molecular flexibility index (Phi) is 9.73. The normalized spacial score (nSPS) is 35.7. The van der Waals surface area contributed by atoms with Crippen molar-refractivity contribution in [3.05, 3.63) is 70.3 Å². The summed E-state index contributed by atoms with van der Waals surface area (Å²) < 4.78 is 39.4. The van der Waals surface area contributed by atoms with Crippen LogP contribution in [0.5, 0.6) is 5.75 Å². The highest BCUT2D eigenvalue weighted by Gasteiger charge is 2.52. The van der Waals surface area contributed by atoms with E-state index in [1.807, 2.05) is 32.0 Å². The molecule has 2 aliphatic heterocycles. The zero-order valence-electron chi connectivity index (χ0n) is 29.4. The summed E-state index contributed by atoms with van der Waals surface area (Å²) in [7, 11) is -0.140. The van der Waals surface area contributed by atoms with Crippen molar-refractivity contribution in [2.75, 3.05) is 44.6 Å². The van der Waals surface area contributed by atoms with Gasteiger partial charge in [-0.1, -0.05) is 36.7 Å². The smallest absolute Gasteiger partial charge is 0.327 e. The molecule has 0 saturated heterocycles. The van der Waals surface area contributed by atoms with Crippen LogP contribution in [0.4, 0.5) is 10.5 Å². The number of methoxy groups -OCH3 is 2. The van der Waals surface area contributed by atoms with Gasteiger partial charge in [-0.25, -0.2) is 9.00 Å². The van der Waals surface area contributed by atoms with E-state index in [9.17, 15) is 13.8 Å². The number of carbonyl (C=O) groups excluding carboxylic acids is 2. The molecule has 50 heavy (non-hydrogen) atoms. The van der Waals surface area contributed by atoms with Crippen LogP contribution >= 0.6 is 11.6 Å². The van der Waals surface area contributed by atoms with Gasteiger partial charge < -0.3 is 24.4 Å². The van der Waals surface area contributed by atoms with Crippen molar-refractivity contribution in [1.82, 2.24) is 10.0 Å². The second kappa shape index (κ2) is 13.8. The average Bonchev–Trinajstić information content (AvgIpc) is 3.75. The molecule has 2 aromatic rings. The number of rotatable bonds is 4. The SMILES string of the molecule is CO[C@H]1/C=C/C[C@H](C)CS(=O)(NC(=O)N[C@@H]2C[C@]2(C)OC)=NC(=O)c2ccc3c(c2)N(C[C@@H]2CC[C@H]21)C[C@@]1(CCCc2cc(Cl)ccc21)CO3. The predicted octanol–water partition coefficient (Wildman–Crippen LogP) is 6.45. The van der Waals surface area contributed by atoms with E-state index in [0.717, 1.165) is 55.9 Å². The fraction of sp³-hybridized carbons (Fsp3) is 0.579. The van der Waals surface area contributed by atoms with Gasteiger partial charge in [-0.15, -0.1) is 4.36 Å². The Morgan fingerprint density at radius 1 is 1.18 bits per heavy atom. The molecule has 2 bridgehead atoms. The number of nitrogens with zero attached hydrogens (tertiary/aromatic N) is 2. The van der Waals surface area contributed by atoms with E-state index in [-0.39, 0.29) is 29.2 Å². The molecular formula is C38H49ClN4O6S. The van der Waals surface area contributed by atoms with Crippen LogP contribution in [0.1, 0.15) is 73.9 Å². The summed E-state index contributed by atoms with van der Waals surface area (Å²) in [6.45, 7) is 5.87. The first-order chi connectivity index (χ1) is 23.9. The van der Waals surface area contributed by atoms with Gasteiger partial charge in [0.25, 0.3) is 5.91 Å². The largest absolute Gasteiger partial charge is 0.490 e. The molecule has 2 saturated carbocycles. The van der Waals surface area contributed by atoms with Crippen LogP contribution in [-0.2, 0) is 31.2 Å². The molecule has 8 atom stereocenters. The number of aryl methyl sites for hydroxylation is 1. The third kappa shape index (κ3) is 7.03. The number of fused-ring (bicyclic) bond motifs is 4. The molecular weight excluding hydrogens is 676 g/mol. The lowest BCUT2D eigenvalue weighted by atomic mass is 9.68. The number of nitrogens with one attached hydrogen (secondary N) is 2. The molecule has 3 amide bonds. The molecule has 270 valence electrons. The van der Waals surface area contributed by atoms with Crippen LogP contribution in [0, 0.1) is 17.8 Å². The summed E-state index contributed by atoms with van der Waals surface area (Å²) in [6.07, 6.45) is 10.5. The molecule has 10 nitrogen and oxygen atoms in total. The average molecular weight is 725 g/mol. The highest BCUT2D eigenvalue weighted by molar-refractivity contribution is 7.92. The van der Waals surface area contributed by atoms with Gasteiger partial charge in [0, 0.05) is 49.7 Å². The van der Waals surface area contributed by atoms with E-state index in [1.165, 1.54) is 11.1 Å². The highest BCUT2D eigenvalue weighted by atomic mass is 35.5. The highest BCUT2D eigenvalue weighted by Crippen LogP contribution is 2.47. The summed E-state index contributed by atoms with van der Waals surface area (Å²) in [5.41, 5.74) is 2.94. The Labute approximate surface area is 300 Å². The topological polar surface area (TPSA) is 119 Å². The van der Waals surface area contributed by atoms with Gasteiger partial charge in [0.05, 0.1) is 35.8 Å². The Hall–Kier alpha value is -3.12. The zero-order valence-corrected chi connectivity index (χ0v) is 31.0. The van der Waals surface area contributed by atoms with E-state index >= 15 is 0 Å². The first-order valence-electron chi connectivity index (χ1n) is 17.9. The molecule has 3 aliphatic carbocycles. The second-order valence-corrected chi connectivity index (χ2v) is 17.7. The minimum Gasteiger partial charge on any atom is -0.490 e. The monoisotopic (exact) mass is 724 g/mol. The van der Waals surface area contributed by atoms with E-state index < -0.39 is 27.5 Å². The molecule has 1 spiro atoms. The third-order valence-corrected chi connectivity index (χ3v) is 13.9. The fourth-order valence-electron chi connectivity index (χ4n) is 8.48. The van der Waals surface area contributed by atoms with Crippen molar-refractivity contribution in [1.29, 1.82) is 0 Å². The van der Waals surface area contributed by atoms with E-state index in [4.69, 9.17) is 25.8 Å². The van der Waals surface area contributed by atoms with Crippen LogP contribution in [-0.4, -0.2) is 73.6 Å². The standard InChI is InChI=1S/C38H49ClN4O6S/c1-24-7-5-9-32(47-3)29-13-10-27(29)20-43-22-38(16-6-8-25-17-28(39)12-14-30(25)38)23-49-33-15-11-26(18-31(33)43)35(44)41-50(46,21-24)42-36(45)40-34-19-37(34,2)48-4/h5,9,11-12,14-15,17-18,24,27,29,32,34H,6-8,10,13,16,19-23H2,1-4H3,(H2,40,41,42,44,45,46)/b9-5+/t24-,27-,29+,32-,34+,37-,38-,50?/m0/s1. The summed E-state index contributed by atoms with van der Waals surface area (Å²) in [6, 6.07) is 10.7. The number of carbonyl (C=O) groups is 2. The van der Waals surface area contributed by atoms with Crippen LogP contribution in [0.2, 0.25) is 5.02 Å². The molecule has 1 unspecified atom stereocenters. The van der Waals surface area contributed by atoms with Crippen molar-refractivity contribution in [3.63, 3.8) is 0 Å². The predicted molar refractivity (Wildman–Crippen MR) is 195 cm³/mol. The van der Waals surface area contributed by atoms with Crippen LogP contribution < -0.4 is 19.7 Å². The lowest BCUT2D eigenvalue weighted by Crippen LogP contribution is -2.49. The summed E-state index contributed by atoms with van der Waals surface area (Å²) >= 11 is 6.45. The van der Waals surface area contributed by atoms with Gasteiger partial charge in [0.1, 0.15) is 15.7 Å². The number of allylic oxidation sites excluding steroid dienone is 1. The maximum absolute atomic E-state index is 14.4. The second-order valence-electron chi connectivity index (χ2n) is 15.3. The molecule has 7 rings (SSSR count). The van der Waals surface area contributed by atoms with E-state index in [2.05, 4.69) is 43.6 Å². The lowest BCUT2D eigenvalue weighted by Gasteiger charge is -2.46. The first kappa shape index (κ1) is 35.3. The quantitative estimate of drug-likeness (QED) is 0.348. The minimum absolute atomic E-state index is 0.0124. The van der Waals surface area contributed by atoms with E-state index in [0.29, 0.717) is 42.6 Å². The van der Waals surface area contributed by atoms with Crippen LogP contribution in [0.25, 0.3) is 0 Å². The van der Waals surface area contributed by atoms with Gasteiger partial charge in [-0.2, -0.15) is 0 Å². The van der Waals surface area contributed by atoms with Gasteiger partial charge >= 0.3 is 6.03 Å². The third-order valence-electron chi connectivity index (χ3n) is 11.7. The molecule has 2 heterocycles. The van der Waals surface area contributed by atoms with Crippen LogP contribution in [0.3, 0.4) is 0 Å². The first-order valence-corrected chi connectivity index (χ1v) is 19.9. The Bertz CT molecular complexity index is 1810. The van der Waals surface area contributed by atoms with Gasteiger partial charge in [-0.05, 0) is 105 Å². The molecule has 2 fully saturated rings. The number of urea groups is 1. The number of anilines is 1. The summed E-state index contributed by atoms with van der Waals surface area (Å²) in [4.78, 5) is 29.4. The number of hydrogen-bond acceptors (Lipinski definition) is 7. The maximum Gasteiger partial charge on any atom is 0.327 e. The molecule has 5 aliphatic rings. The van der Waals surface area contributed by atoms with Crippen molar-refractivity contribution in [2.45, 2.75) is 82.0 Å². The molecule has 12 heteroatoms. The molecule has 2 N–H and O–H groups in total. The zero-order chi connectivity index (χ0) is 35.3.